The van der Waals surface area contributed by atoms with Gasteiger partial charge in [-0.25, -0.2) is 0 Å². The van der Waals surface area contributed by atoms with Crippen LogP contribution < -0.4 is 15.4 Å². The Morgan fingerprint density at radius 2 is 1.95 bits per heavy atom. The molecule has 0 aromatic heterocycles. The van der Waals surface area contributed by atoms with E-state index in [1.807, 2.05) is 0 Å². The fourth-order valence-corrected chi connectivity index (χ4v) is 1.74. The fourth-order valence-electron chi connectivity index (χ4n) is 1.74. The van der Waals surface area contributed by atoms with Gasteiger partial charge < -0.3 is 15.4 Å². The van der Waals surface area contributed by atoms with Gasteiger partial charge in [-0.1, -0.05) is 6.07 Å². The zero-order valence-corrected chi connectivity index (χ0v) is 13.4. The number of carbonyl (C=O) groups is 1. The van der Waals surface area contributed by atoms with E-state index in [1.54, 1.807) is 20.9 Å². The van der Waals surface area contributed by atoms with Gasteiger partial charge in [0, 0.05) is 6.54 Å². The highest BCUT2D eigenvalue weighted by atomic mass is 35.5. The molecule has 8 heteroatoms. The SMILES string of the molecule is CNCC(=O)NCc1ccc(OC(C)C)cc1C(F)(F)F.Cl. The molecule has 2 N–H and O–H groups in total. The number of halogens is 4. The molecule has 0 unspecified atom stereocenters. The smallest absolute Gasteiger partial charge is 0.416 e. The summed E-state index contributed by atoms with van der Waals surface area (Å²) in [5, 5.41) is 5.06. The van der Waals surface area contributed by atoms with Gasteiger partial charge in [-0.05, 0) is 38.6 Å². The van der Waals surface area contributed by atoms with Crippen molar-refractivity contribution >= 4 is 18.3 Å². The van der Waals surface area contributed by atoms with Crippen LogP contribution in [0.25, 0.3) is 0 Å². The number of likely N-dealkylation sites (N-methyl/N-ethyl adjacent to an activating group) is 1. The number of ether oxygens (including phenoxy) is 1. The summed E-state index contributed by atoms with van der Waals surface area (Å²) in [6.45, 7) is 3.34. The van der Waals surface area contributed by atoms with E-state index in [9.17, 15) is 18.0 Å². The number of nitrogens with one attached hydrogen (secondary N) is 2. The Morgan fingerprint density at radius 3 is 2.45 bits per heavy atom. The lowest BCUT2D eigenvalue weighted by molar-refractivity contribution is -0.138. The van der Waals surface area contributed by atoms with Gasteiger partial charge in [-0.15, -0.1) is 12.4 Å². The molecule has 1 amide bonds. The summed E-state index contributed by atoms with van der Waals surface area (Å²) >= 11 is 0. The molecule has 0 saturated heterocycles. The second-order valence-electron chi connectivity index (χ2n) is 4.79. The maximum absolute atomic E-state index is 13.1. The summed E-state index contributed by atoms with van der Waals surface area (Å²) in [6.07, 6.45) is -4.72. The number of hydrogen-bond donors (Lipinski definition) is 2. The van der Waals surface area contributed by atoms with Crippen LogP contribution in [-0.4, -0.2) is 25.6 Å². The second-order valence-corrected chi connectivity index (χ2v) is 4.79. The van der Waals surface area contributed by atoms with E-state index in [0.29, 0.717) is 0 Å². The summed E-state index contributed by atoms with van der Waals surface area (Å²) in [5.41, 5.74) is -0.798. The Balaban J connectivity index is 0.00000441. The van der Waals surface area contributed by atoms with Crippen molar-refractivity contribution in [2.24, 2.45) is 0 Å². The minimum Gasteiger partial charge on any atom is -0.491 e. The average molecular weight is 341 g/mol. The Kier molecular flexibility index (Phi) is 8.26. The van der Waals surface area contributed by atoms with Crippen LogP contribution in [0.3, 0.4) is 0 Å². The van der Waals surface area contributed by atoms with Crippen LogP contribution in [0.1, 0.15) is 25.0 Å². The van der Waals surface area contributed by atoms with Gasteiger partial charge in [0.15, 0.2) is 0 Å². The minimum absolute atomic E-state index is 0. The molecule has 1 aromatic carbocycles. The van der Waals surface area contributed by atoms with Gasteiger partial charge in [0.25, 0.3) is 0 Å². The molecule has 22 heavy (non-hydrogen) atoms. The highest BCUT2D eigenvalue weighted by Gasteiger charge is 2.33. The summed E-state index contributed by atoms with van der Waals surface area (Å²) in [6, 6.07) is 3.74. The average Bonchev–Trinajstić information content (AvgIpc) is 2.35. The van der Waals surface area contributed by atoms with Gasteiger partial charge in [0.2, 0.25) is 5.91 Å². The highest BCUT2D eigenvalue weighted by Crippen LogP contribution is 2.34. The van der Waals surface area contributed by atoms with E-state index in [0.717, 1.165) is 6.07 Å². The van der Waals surface area contributed by atoms with Crippen LogP contribution in [-0.2, 0) is 17.5 Å². The van der Waals surface area contributed by atoms with Crippen LogP contribution in [0.2, 0.25) is 0 Å². The van der Waals surface area contributed by atoms with Crippen molar-refractivity contribution in [1.29, 1.82) is 0 Å². The molecule has 0 radical (unpaired) electrons. The molecule has 0 spiro atoms. The molecule has 4 nitrogen and oxygen atoms in total. The molecule has 0 saturated carbocycles. The lowest BCUT2D eigenvalue weighted by Gasteiger charge is -2.16. The van der Waals surface area contributed by atoms with Crippen molar-refractivity contribution in [1.82, 2.24) is 10.6 Å². The lowest BCUT2D eigenvalue weighted by atomic mass is 10.1. The summed E-state index contributed by atoms with van der Waals surface area (Å²) in [7, 11) is 1.58. The Labute approximate surface area is 133 Å². The molecule has 1 rings (SSSR count). The first-order chi connectivity index (χ1) is 9.74. The monoisotopic (exact) mass is 340 g/mol. The maximum atomic E-state index is 13.1. The third kappa shape index (κ3) is 6.53. The Hall–Kier alpha value is -1.47. The molecular formula is C14H20ClF3N2O2. The van der Waals surface area contributed by atoms with Crippen molar-refractivity contribution < 1.29 is 22.7 Å². The predicted octanol–water partition coefficient (Wildman–Crippen LogP) is 2.75. The molecule has 0 aliphatic rings. The minimum atomic E-state index is -4.50. The largest absolute Gasteiger partial charge is 0.491 e. The number of carbonyl (C=O) groups excluding carboxylic acids is 1. The predicted molar refractivity (Wildman–Crippen MR) is 80.2 cm³/mol. The van der Waals surface area contributed by atoms with Crippen molar-refractivity contribution in [3.63, 3.8) is 0 Å². The van der Waals surface area contributed by atoms with Gasteiger partial charge in [0.05, 0.1) is 18.2 Å². The fraction of sp³-hybridized carbons (Fsp3) is 0.500. The summed E-state index contributed by atoms with van der Waals surface area (Å²) in [5.74, 6) is -0.212. The Morgan fingerprint density at radius 1 is 1.32 bits per heavy atom. The van der Waals surface area contributed by atoms with E-state index in [1.165, 1.54) is 12.1 Å². The van der Waals surface area contributed by atoms with Gasteiger partial charge in [0.1, 0.15) is 5.75 Å². The van der Waals surface area contributed by atoms with E-state index in [-0.39, 0.29) is 48.8 Å². The number of benzene rings is 1. The summed E-state index contributed by atoms with van der Waals surface area (Å²) in [4.78, 5) is 11.3. The number of amides is 1. The van der Waals surface area contributed by atoms with Crippen LogP contribution in [0.5, 0.6) is 5.75 Å². The molecule has 126 valence electrons. The van der Waals surface area contributed by atoms with Crippen molar-refractivity contribution in [2.75, 3.05) is 13.6 Å². The van der Waals surface area contributed by atoms with Crippen LogP contribution in [0, 0.1) is 0 Å². The van der Waals surface area contributed by atoms with Gasteiger partial charge in [-0.2, -0.15) is 13.2 Å². The summed E-state index contributed by atoms with van der Waals surface area (Å²) < 4.78 is 44.4. The molecule has 0 atom stereocenters. The maximum Gasteiger partial charge on any atom is 0.416 e. The zero-order valence-electron chi connectivity index (χ0n) is 12.6. The van der Waals surface area contributed by atoms with E-state index in [2.05, 4.69) is 10.6 Å². The third-order valence-corrected chi connectivity index (χ3v) is 2.57. The molecule has 0 bridgehead atoms. The first-order valence-electron chi connectivity index (χ1n) is 6.52. The van der Waals surface area contributed by atoms with Crippen molar-refractivity contribution in [2.45, 2.75) is 32.7 Å². The van der Waals surface area contributed by atoms with E-state index >= 15 is 0 Å². The molecule has 1 aromatic rings. The Bertz CT molecular complexity index is 493. The highest BCUT2D eigenvalue weighted by molar-refractivity contribution is 5.85. The zero-order chi connectivity index (χ0) is 16.0. The molecule has 0 aliphatic carbocycles. The molecule has 0 heterocycles. The van der Waals surface area contributed by atoms with Crippen molar-refractivity contribution in [3.8, 4) is 5.75 Å². The molecule has 0 fully saturated rings. The first kappa shape index (κ1) is 20.5. The third-order valence-electron chi connectivity index (χ3n) is 2.57. The number of alkyl halides is 3. The standard InChI is InChI=1S/C14H19F3N2O2.ClH/c1-9(2)21-11-5-4-10(7-19-13(20)8-18-3)12(6-11)14(15,16)17;/h4-6,9,18H,7-8H2,1-3H3,(H,19,20);1H. The topological polar surface area (TPSA) is 50.4 Å². The molecule has 0 aliphatic heterocycles. The lowest BCUT2D eigenvalue weighted by Crippen LogP contribution is -2.32. The van der Waals surface area contributed by atoms with Gasteiger partial charge >= 0.3 is 6.18 Å². The van der Waals surface area contributed by atoms with E-state index in [4.69, 9.17) is 4.74 Å². The number of hydrogen-bond acceptors (Lipinski definition) is 3. The first-order valence-corrected chi connectivity index (χ1v) is 6.52. The van der Waals surface area contributed by atoms with E-state index < -0.39 is 11.7 Å². The van der Waals surface area contributed by atoms with Crippen LogP contribution in [0.4, 0.5) is 13.2 Å². The van der Waals surface area contributed by atoms with Crippen molar-refractivity contribution in [3.05, 3.63) is 29.3 Å². The normalized spacial score (nSPS) is 11.0. The quantitative estimate of drug-likeness (QED) is 0.837. The van der Waals surface area contributed by atoms with Gasteiger partial charge in [-0.3, -0.25) is 4.79 Å². The number of rotatable bonds is 6. The van der Waals surface area contributed by atoms with Crippen LogP contribution in [0.15, 0.2) is 18.2 Å². The van der Waals surface area contributed by atoms with Crippen LogP contribution >= 0.6 is 12.4 Å². The second kappa shape index (κ2) is 8.85. The molecular weight excluding hydrogens is 321 g/mol.